The fourth-order valence-electron chi connectivity index (χ4n) is 5.96. The Morgan fingerprint density at radius 3 is 2.31 bits per heavy atom. The highest BCUT2D eigenvalue weighted by Crippen LogP contribution is 2.44. The van der Waals surface area contributed by atoms with Crippen LogP contribution in [0.5, 0.6) is 5.75 Å². The van der Waals surface area contributed by atoms with Gasteiger partial charge in [0.1, 0.15) is 24.9 Å². The molecule has 0 spiro atoms. The molecule has 0 radical (unpaired) electrons. The highest BCUT2D eigenvalue weighted by Gasteiger charge is 2.35. The van der Waals surface area contributed by atoms with E-state index >= 15 is 0 Å². The first-order valence-corrected chi connectivity index (χ1v) is 14.9. The minimum absolute atomic E-state index is 0.0558. The molecular weight excluding hydrogens is 575 g/mol. The van der Waals surface area contributed by atoms with Crippen LogP contribution >= 0.6 is 0 Å². The van der Waals surface area contributed by atoms with Crippen molar-refractivity contribution in [1.29, 1.82) is 0 Å². The average molecular weight is 610 g/mol. The molecule has 1 aliphatic carbocycles. The smallest absolute Gasteiger partial charge is 0.434 e. The minimum atomic E-state index is -4.58. The van der Waals surface area contributed by atoms with E-state index in [1.807, 2.05) is 54.6 Å². The predicted octanol–water partition coefficient (Wildman–Crippen LogP) is 9.47. The van der Waals surface area contributed by atoms with Gasteiger partial charge in [-0.05, 0) is 91.4 Å². The van der Waals surface area contributed by atoms with Gasteiger partial charge in [-0.15, -0.1) is 0 Å². The van der Waals surface area contributed by atoms with Crippen LogP contribution in [-0.2, 0) is 24.3 Å². The van der Waals surface area contributed by atoms with Crippen molar-refractivity contribution in [3.05, 3.63) is 131 Å². The average Bonchev–Trinajstić information content (AvgIpc) is 3.59. The van der Waals surface area contributed by atoms with E-state index in [2.05, 4.69) is 48.9 Å². The zero-order chi connectivity index (χ0) is 31.6. The van der Waals surface area contributed by atoms with Gasteiger partial charge in [0.25, 0.3) is 0 Å². The summed E-state index contributed by atoms with van der Waals surface area (Å²) in [7, 11) is 0. The van der Waals surface area contributed by atoms with E-state index in [0.717, 1.165) is 29.5 Å². The fraction of sp³-hybridized carbons (Fsp3) is 0.243. The number of alkyl halides is 3. The summed E-state index contributed by atoms with van der Waals surface area (Å²) in [6, 6.07) is 27.3. The van der Waals surface area contributed by atoms with E-state index in [4.69, 9.17) is 9.47 Å². The van der Waals surface area contributed by atoms with Gasteiger partial charge in [0, 0.05) is 36.0 Å². The van der Waals surface area contributed by atoms with Crippen molar-refractivity contribution in [1.82, 2.24) is 14.5 Å². The number of benzene rings is 3. The monoisotopic (exact) mass is 609 g/mol. The molecule has 5 nitrogen and oxygen atoms in total. The van der Waals surface area contributed by atoms with Gasteiger partial charge in [-0.2, -0.15) is 13.2 Å². The van der Waals surface area contributed by atoms with E-state index in [1.54, 1.807) is 18.3 Å². The Labute approximate surface area is 261 Å². The zero-order valence-electron chi connectivity index (χ0n) is 25.4. The molecule has 0 N–H and O–H groups in total. The van der Waals surface area contributed by atoms with Gasteiger partial charge < -0.3 is 14.0 Å². The van der Waals surface area contributed by atoms with Crippen LogP contribution in [0.15, 0.2) is 103 Å². The summed E-state index contributed by atoms with van der Waals surface area (Å²) in [4.78, 5) is 8.46. The SMILES string of the molecule is CC1=C(C)C(CCOCn2cc(C(F)(F)F)nc2-c2ccc(-c3ccc(OCc4ccccc4)cc3)nc2)c2cccc(C)c21. The van der Waals surface area contributed by atoms with Gasteiger partial charge in [-0.3, -0.25) is 4.98 Å². The Morgan fingerprint density at radius 1 is 0.844 bits per heavy atom. The van der Waals surface area contributed by atoms with Crippen molar-refractivity contribution in [3.8, 4) is 28.4 Å². The number of ether oxygens (including phenoxy) is 2. The van der Waals surface area contributed by atoms with Crippen molar-refractivity contribution in [3.63, 3.8) is 0 Å². The summed E-state index contributed by atoms with van der Waals surface area (Å²) >= 11 is 0. The molecule has 0 aliphatic heterocycles. The van der Waals surface area contributed by atoms with E-state index in [1.165, 1.54) is 32.4 Å². The van der Waals surface area contributed by atoms with Crippen molar-refractivity contribution in [2.75, 3.05) is 6.61 Å². The number of nitrogens with zero attached hydrogens (tertiary/aromatic N) is 3. The molecule has 2 heterocycles. The second-order valence-electron chi connectivity index (χ2n) is 11.4. The lowest BCUT2D eigenvalue weighted by Gasteiger charge is -2.16. The molecule has 0 saturated carbocycles. The number of pyridine rings is 1. The van der Waals surface area contributed by atoms with Crippen LogP contribution in [0.25, 0.3) is 28.2 Å². The third-order valence-corrected chi connectivity index (χ3v) is 8.44. The maximum Gasteiger partial charge on any atom is 0.434 e. The van der Waals surface area contributed by atoms with Crippen molar-refractivity contribution in [2.45, 2.75) is 52.6 Å². The number of rotatable bonds is 10. The summed E-state index contributed by atoms with van der Waals surface area (Å²) in [5.41, 5.74) is 8.57. The number of imidazole rings is 1. The van der Waals surface area contributed by atoms with Crippen LogP contribution in [-0.4, -0.2) is 21.1 Å². The number of hydrogen-bond acceptors (Lipinski definition) is 4. The van der Waals surface area contributed by atoms with Gasteiger partial charge in [0.15, 0.2) is 5.69 Å². The number of aromatic nitrogens is 3. The van der Waals surface area contributed by atoms with Gasteiger partial charge >= 0.3 is 6.18 Å². The normalized spacial score (nSPS) is 14.6. The Bertz CT molecular complexity index is 1810. The lowest BCUT2D eigenvalue weighted by molar-refractivity contribution is -0.141. The molecule has 1 aliphatic rings. The first-order chi connectivity index (χ1) is 21.7. The number of hydrogen-bond donors (Lipinski definition) is 0. The van der Waals surface area contributed by atoms with E-state index in [9.17, 15) is 13.2 Å². The molecule has 0 amide bonds. The Kier molecular flexibility index (Phi) is 8.59. The predicted molar refractivity (Wildman–Crippen MR) is 169 cm³/mol. The molecule has 2 aromatic heterocycles. The van der Waals surface area contributed by atoms with Crippen LogP contribution < -0.4 is 4.74 Å². The topological polar surface area (TPSA) is 49.2 Å². The fourth-order valence-corrected chi connectivity index (χ4v) is 5.96. The van der Waals surface area contributed by atoms with Gasteiger partial charge in [0.2, 0.25) is 0 Å². The van der Waals surface area contributed by atoms with Crippen molar-refractivity contribution in [2.24, 2.45) is 0 Å². The quantitative estimate of drug-likeness (QED) is 0.148. The molecule has 45 heavy (non-hydrogen) atoms. The van der Waals surface area contributed by atoms with Gasteiger partial charge in [-0.25, -0.2) is 4.98 Å². The third-order valence-electron chi connectivity index (χ3n) is 8.44. The maximum atomic E-state index is 13.7. The Morgan fingerprint density at radius 2 is 1.60 bits per heavy atom. The summed E-state index contributed by atoms with van der Waals surface area (Å²) in [5, 5.41) is 0. The molecule has 1 unspecified atom stereocenters. The van der Waals surface area contributed by atoms with Crippen LogP contribution in [0.4, 0.5) is 13.2 Å². The highest BCUT2D eigenvalue weighted by atomic mass is 19.4. The van der Waals surface area contributed by atoms with Crippen LogP contribution in [0.3, 0.4) is 0 Å². The van der Waals surface area contributed by atoms with Crippen LogP contribution in [0.2, 0.25) is 0 Å². The second kappa shape index (κ2) is 12.7. The van der Waals surface area contributed by atoms with Crippen molar-refractivity contribution >= 4 is 5.57 Å². The minimum Gasteiger partial charge on any atom is -0.489 e. The first kappa shape index (κ1) is 30.3. The van der Waals surface area contributed by atoms with E-state index in [0.29, 0.717) is 24.5 Å². The molecule has 8 heteroatoms. The summed E-state index contributed by atoms with van der Waals surface area (Å²) in [5.74, 6) is 1.11. The molecule has 5 aromatic rings. The molecule has 6 rings (SSSR count). The largest absolute Gasteiger partial charge is 0.489 e. The van der Waals surface area contributed by atoms with E-state index in [-0.39, 0.29) is 18.5 Å². The second-order valence-corrected chi connectivity index (χ2v) is 11.4. The number of aryl methyl sites for hydroxylation is 1. The molecule has 3 aromatic carbocycles. The number of fused-ring (bicyclic) bond motifs is 1. The third kappa shape index (κ3) is 6.56. The standard InChI is InChI=1S/C37H34F3N3O2/c1-24-8-7-11-32-31(25(2)26(3)35(24)32)18-19-44-23-43-21-34(37(38,39)40)42-36(43)29-14-17-33(41-20-29)28-12-15-30(16-13-28)45-22-27-9-5-4-6-10-27/h4-17,20-21,31H,18-19,22-23H2,1-3H3. The Hall–Kier alpha value is -4.69. The molecule has 0 bridgehead atoms. The summed E-state index contributed by atoms with van der Waals surface area (Å²) in [6.45, 7) is 7.22. The zero-order valence-corrected chi connectivity index (χ0v) is 25.4. The molecule has 0 saturated heterocycles. The summed E-state index contributed by atoms with van der Waals surface area (Å²) < 4.78 is 54.2. The molecule has 0 fully saturated rings. The molecule has 1 atom stereocenters. The number of allylic oxidation sites excluding steroid dienone is 2. The molecular formula is C37H34F3N3O2. The molecule has 230 valence electrons. The number of halogens is 3. The Balaban J connectivity index is 1.13. The van der Waals surface area contributed by atoms with Gasteiger partial charge in [-0.1, -0.05) is 54.1 Å². The lowest BCUT2D eigenvalue weighted by Crippen LogP contribution is -2.08. The van der Waals surface area contributed by atoms with Gasteiger partial charge in [0.05, 0.1) is 5.69 Å². The lowest BCUT2D eigenvalue weighted by atomic mass is 9.92. The van der Waals surface area contributed by atoms with Crippen LogP contribution in [0, 0.1) is 6.92 Å². The maximum absolute atomic E-state index is 13.7. The highest BCUT2D eigenvalue weighted by molar-refractivity contribution is 5.78. The van der Waals surface area contributed by atoms with Crippen molar-refractivity contribution < 1.29 is 22.6 Å². The summed E-state index contributed by atoms with van der Waals surface area (Å²) in [6.07, 6.45) is -1.30. The first-order valence-electron chi connectivity index (χ1n) is 14.9. The van der Waals surface area contributed by atoms with Crippen LogP contribution in [0.1, 0.15) is 54.1 Å². The van der Waals surface area contributed by atoms with E-state index < -0.39 is 11.9 Å².